The Labute approximate surface area is 135 Å². The van der Waals surface area contributed by atoms with Crippen LogP contribution in [0.4, 0.5) is 0 Å². The van der Waals surface area contributed by atoms with Crippen molar-refractivity contribution in [3.63, 3.8) is 0 Å². The predicted octanol–water partition coefficient (Wildman–Crippen LogP) is 1.87. The molecule has 2 aromatic rings. The fourth-order valence-electron chi connectivity index (χ4n) is 3.30. The van der Waals surface area contributed by atoms with Crippen molar-refractivity contribution >= 4 is 16.8 Å². The Bertz CT molecular complexity index is 781. The summed E-state index contributed by atoms with van der Waals surface area (Å²) < 4.78 is 5.04. The number of aromatic amines is 1. The Morgan fingerprint density at radius 1 is 1.30 bits per heavy atom. The first kappa shape index (κ1) is 15.7. The highest BCUT2D eigenvalue weighted by molar-refractivity contribution is 5.80. The van der Waals surface area contributed by atoms with Gasteiger partial charge in [-0.1, -0.05) is 6.07 Å². The van der Waals surface area contributed by atoms with Crippen LogP contribution >= 0.6 is 0 Å². The Balaban J connectivity index is 1.75. The smallest absolute Gasteiger partial charge is 0.223 e. The van der Waals surface area contributed by atoms with Crippen LogP contribution in [0.5, 0.6) is 0 Å². The summed E-state index contributed by atoms with van der Waals surface area (Å²) in [5.74, 6) is 0.502. The molecule has 1 saturated heterocycles. The number of carbonyl (C=O) groups excluding carboxylic acids is 1. The number of ether oxygens (including phenoxy) is 1. The van der Waals surface area contributed by atoms with Gasteiger partial charge in [-0.2, -0.15) is 0 Å². The molecule has 0 saturated carbocycles. The Morgan fingerprint density at radius 3 is 2.91 bits per heavy atom. The average Bonchev–Trinajstić information content (AvgIpc) is 2.85. The molecule has 1 aliphatic rings. The summed E-state index contributed by atoms with van der Waals surface area (Å²) in [6.45, 7) is 3.88. The van der Waals surface area contributed by atoms with Crippen molar-refractivity contribution in [2.24, 2.45) is 5.92 Å². The highest BCUT2D eigenvalue weighted by Gasteiger charge is 2.29. The zero-order valence-corrected chi connectivity index (χ0v) is 13.6. The summed E-state index contributed by atoms with van der Waals surface area (Å²) in [4.78, 5) is 29.2. The standard InChI is InChI=1S/C18H22N2O3/c1-12-7-17(21)15-9-13(3-4-16(15)19-12)8-14-10-18(22)20(11-14)5-6-23-2/h3-4,7,9,14H,5-6,8,10-11H2,1-2H3,(H,19,21)/t14-/m1/s1. The van der Waals surface area contributed by atoms with Gasteiger partial charge in [0.2, 0.25) is 5.91 Å². The Morgan fingerprint density at radius 2 is 2.13 bits per heavy atom. The van der Waals surface area contributed by atoms with E-state index in [2.05, 4.69) is 4.98 Å². The van der Waals surface area contributed by atoms with E-state index < -0.39 is 0 Å². The number of aromatic nitrogens is 1. The summed E-state index contributed by atoms with van der Waals surface area (Å²) in [5.41, 5.74) is 2.88. The van der Waals surface area contributed by atoms with Crippen LogP contribution in [0.3, 0.4) is 0 Å². The first-order valence-electron chi connectivity index (χ1n) is 7.96. The SMILES string of the molecule is COCCN1C[C@H](Cc2ccc3[nH]c(C)cc(=O)c3c2)CC1=O. The van der Waals surface area contributed by atoms with Gasteiger partial charge in [0, 0.05) is 49.3 Å². The molecular formula is C18H22N2O3. The molecular weight excluding hydrogens is 292 g/mol. The number of nitrogens with one attached hydrogen (secondary N) is 1. The van der Waals surface area contributed by atoms with Crippen molar-refractivity contribution in [3.05, 3.63) is 45.7 Å². The number of pyridine rings is 1. The highest BCUT2D eigenvalue weighted by Crippen LogP contribution is 2.23. The highest BCUT2D eigenvalue weighted by atomic mass is 16.5. The molecule has 1 N–H and O–H groups in total. The van der Waals surface area contributed by atoms with E-state index in [0.29, 0.717) is 30.9 Å². The van der Waals surface area contributed by atoms with Gasteiger partial charge in [-0.3, -0.25) is 9.59 Å². The van der Waals surface area contributed by atoms with E-state index in [1.165, 1.54) is 0 Å². The summed E-state index contributed by atoms with van der Waals surface area (Å²) in [6, 6.07) is 7.58. The molecule has 0 bridgehead atoms. The zero-order valence-electron chi connectivity index (χ0n) is 13.6. The lowest BCUT2D eigenvalue weighted by molar-refractivity contribution is -0.128. The summed E-state index contributed by atoms with van der Waals surface area (Å²) in [5, 5.41) is 0.716. The van der Waals surface area contributed by atoms with E-state index in [9.17, 15) is 9.59 Å². The van der Waals surface area contributed by atoms with E-state index in [1.54, 1.807) is 13.2 Å². The van der Waals surface area contributed by atoms with Crippen molar-refractivity contribution in [2.75, 3.05) is 26.8 Å². The van der Waals surface area contributed by atoms with Gasteiger partial charge >= 0.3 is 0 Å². The summed E-state index contributed by atoms with van der Waals surface area (Å²) in [7, 11) is 1.65. The fourth-order valence-corrected chi connectivity index (χ4v) is 3.30. The number of nitrogens with zero attached hydrogens (tertiary/aromatic N) is 1. The molecule has 1 aromatic carbocycles. The van der Waals surface area contributed by atoms with Crippen molar-refractivity contribution in [2.45, 2.75) is 19.8 Å². The average molecular weight is 314 g/mol. The summed E-state index contributed by atoms with van der Waals surface area (Å²) >= 11 is 0. The maximum Gasteiger partial charge on any atom is 0.223 e. The van der Waals surface area contributed by atoms with E-state index >= 15 is 0 Å². The fraction of sp³-hybridized carbons (Fsp3) is 0.444. The van der Waals surface area contributed by atoms with Crippen LogP contribution in [0.25, 0.3) is 10.9 Å². The molecule has 0 aliphatic carbocycles. The Kier molecular flexibility index (Phi) is 4.48. The lowest BCUT2D eigenvalue weighted by atomic mass is 9.97. The number of amides is 1. The van der Waals surface area contributed by atoms with Crippen molar-refractivity contribution in [3.8, 4) is 0 Å². The number of hydrogen-bond acceptors (Lipinski definition) is 3. The largest absolute Gasteiger partial charge is 0.383 e. The molecule has 1 aliphatic heterocycles. The van der Waals surface area contributed by atoms with E-state index in [1.807, 2.05) is 30.0 Å². The van der Waals surface area contributed by atoms with Crippen LogP contribution in [0.1, 0.15) is 17.7 Å². The minimum absolute atomic E-state index is 0.0438. The molecule has 1 fully saturated rings. The number of rotatable bonds is 5. The molecule has 1 atom stereocenters. The molecule has 0 radical (unpaired) electrons. The number of benzene rings is 1. The number of likely N-dealkylation sites (tertiary alicyclic amines) is 1. The maximum absolute atomic E-state index is 12.1. The number of fused-ring (bicyclic) bond motifs is 1. The predicted molar refractivity (Wildman–Crippen MR) is 89.6 cm³/mol. The third-order valence-electron chi connectivity index (χ3n) is 4.41. The van der Waals surface area contributed by atoms with Gasteiger partial charge in [0.15, 0.2) is 5.43 Å². The second-order valence-electron chi connectivity index (χ2n) is 6.30. The van der Waals surface area contributed by atoms with Gasteiger partial charge in [0.25, 0.3) is 0 Å². The van der Waals surface area contributed by atoms with Crippen molar-refractivity contribution < 1.29 is 9.53 Å². The second-order valence-corrected chi connectivity index (χ2v) is 6.30. The minimum Gasteiger partial charge on any atom is -0.383 e. The molecule has 0 unspecified atom stereocenters. The normalized spacial score (nSPS) is 18.1. The molecule has 1 aromatic heterocycles. The quantitative estimate of drug-likeness (QED) is 0.916. The molecule has 3 rings (SSSR count). The van der Waals surface area contributed by atoms with E-state index in [4.69, 9.17) is 4.74 Å². The topological polar surface area (TPSA) is 62.4 Å². The number of hydrogen-bond donors (Lipinski definition) is 1. The number of H-pyrrole nitrogens is 1. The minimum atomic E-state index is 0.0438. The molecule has 0 spiro atoms. The van der Waals surface area contributed by atoms with Gasteiger partial charge in [-0.05, 0) is 37.0 Å². The van der Waals surface area contributed by atoms with Gasteiger partial charge in [0.1, 0.15) is 0 Å². The van der Waals surface area contributed by atoms with Crippen LogP contribution in [-0.4, -0.2) is 42.6 Å². The summed E-state index contributed by atoms with van der Waals surface area (Å²) in [6.07, 6.45) is 1.39. The monoisotopic (exact) mass is 314 g/mol. The zero-order chi connectivity index (χ0) is 16.4. The van der Waals surface area contributed by atoms with Gasteiger partial charge in [-0.15, -0.1) is 0 Å². The lowest BCUT2D eigenvalue weighted by Crippen LogP contribution is -2.28. The first-order chi connectivity index (χ1) is 11.1. The van der Waals surface area contributed by atoms with Crippen LogP contribution in [0, 0.1) is 12.8 Å². The first-order valence-corrected chi connectivity index (χ1v) is 7.96. The van der Waals surface area contributed by atoms with E-state index in [-0.39, 0.29) is 11.3 Å². The lowest BCUT2D eigenvalue weighted by Gasteiger charge is -2.16. The number of carbonyl (C=O) groups is 1. The van der Waals surface area contributed by atoms with Gasteiger partial charge in [-0.25, -0.2) is 0 Å². The third kappa shape index (κ3) is 3.45. The third-order valence-corrected chi connectivity index (χ3v) is 4.41. The Hall–Kier alpha value is -2.14. The number of aryl methyl sites for hydroxylation is 1. The van der Waals surface area contributed by atoms with Gasteiger partial charge < -0.3 is 14.6 Å². The molecule has 5 nitrogen and oxygen atoms in total. The second kappa shape index (κ2) is 6.54. The molecule has 2 heterocycles. The molecule has 23 heavy (non-hydrogen) atoms. The molecule has 122 valence electrons. The van der Waals surface area contributed by atoms with Crippen LogP contribution < -0.4 is 5.43 Å². The number of methoxy groups -OCH3 is 1. The van der Waals surface area contributed by atoms with Crippen molar-refractivity contribution in [1.82, 2.24) is 9.88 Å². The van der Waals surface area contributed by atoms with Crippen LogP contribution in [0.15, 0.2) is 29.1 Å². The van der Waals surface area contributed by atoms with Gasteiger partial charge in [0.05, 0.1) is 6.61 Å². The molecule has 5 heteroatoms. The maximum atomic E-state index is 12.1. The van der Waals surface area contributed by atoms with Crippen molar-refractivity contribution in [1.29, 1.82) is 0 Å². The van der Waals surface area contributed by atoms with E-state index in [0.717, 1.165) is 29.7 Å². The van der Waals surface area contributed by atoms with Crippen LogP contribution in [0.2, 0.25) is 0 Å². The molecule has 1 amide bonds. The van der Waals surface area contributed by atoms with Crippen LogP contribution in [-0.2, 0) is 16.0 Å².